The van der Waals surface area contributed by atoms with Crippen molar-refractivity contribution in [1.29, 1.82) is 0 Å². The molecule has 22 heavy (non-hydrogen) atoms. The molecule has 1 amide bonds. The van der Waals surface area contributed by atoms with Gasteiger partial charge in [-0.3, -0.25) is 9.59 Å². The molecule has 3 N–H and O–H groups in total. The van der Waals surface area contributed by atoms with E-state index in [4.69, 9.17) is 0 Å². The molecule has 0 saturated carbocycles. The fourth-order valence-electron chi connectivity index (χ4n) is 2.69. The summed E-state index contributed by atoms with van der Waals surface area (Å²) in [5.74, 6) is -1.08. The van der Waals surface area contributed by atoms with Gasteiger partial charge in [-0.05, 0) is 25.1 Å². The van der Waals surface area contributed by atoms with E-state index in [1.807, 2.05) is 0 Å². The molecule has 0 radical (unpaired) electrons. The van der Waals surface area contributed by atoms with Gasteiger partial charge in [0, 0.05) is 25.8 Å². The minimum absolute atomic E-state index is 0.0527. The Hall–Kier alpha value is -2.61. The fourth-order valence-corrected chi connectivity index (χ4v) is 2.69. The molecule has 8 nitrogen and oxygen atoms in total. The predicted molar refractivity (Wildman–Crippen MR) is 78.2 cm³/mol. The van der Waals surface area contributed by atoms with Crippen molar-refractivity contribution in [2.45, 2.75) is 12.5 Å². The molecule has 116 valence electrons. The molecular weight excluding hydrogens is 288 g/mol. The second-order valence-corrected chi connectivity index (χ2v) is 5.28. The number of carbonyl (C=O) groups is 1. The molecule has 1 aliphatic rings. The molecule has 3 rings (SSSR count). The normalized spacial score (nSPS) is 17.8. The van der Waals surface area contributed by atoms with Crippen molar-refractivity contribution < 1.29 is 15.1 Å². The molecule has 0 bridgehead atoms. The summed E-state index contributed by atoms with van der Waals surface area (Å²) in [7, 11) is 1.58. The van der Waals surface area contributed by atoms with E-state index in [1.54, 1.807) is 13.1 Å². The minimum atomic E-state index is -0.980. The number of amides is 1. The summed E-state index contributed by atoms with van der Waals surface area (Å²) >= 11 is 0. The zero-order valence-corrected chi connectivity index (χ0v) is 12.0. The molecule has 0 aliphatic carbocycles. The van der Waals surface area contributed by atoms with Crippen LogP contribution in [0.5, 0.6) is 5.75 Å². The van der Waals surface area contributed by atoms with Crippen molar-refractivity contribution in [3.8, 4) is 5.75 Å². The maximum absolute atomic E-state index is 12.6. The number of hydrogen-bond acceptors (Lipinski definition) is 6. The van der Waals surface area contributed by atoms with E-state index in [0.29, 0.717) is 11.3 Å². The van der Waals surface area contributed by atoms with E-state index in [0.717, 1.165) is 13.0 Å². The van der Waals surface area contributed by atoms with Gasteiger partial charge in [-0.2, -0.15) is 0 Å². The molecule has 1 saturated heterocycles. The number of pyridine rings is 2. The number of likely N-dealkylation sites (N-methyl/N-ethyl adjacent to an activating group) is 1. The number of nitrogens with zero attached hydrogens (tertiary/aromatic N) is 3. The maximum Gasteiger partial charge on any atom is 0.301 e. The highest BCUT2D eigenvalue weighted by molar-refractivity contribution is 6.01. The van der Waals surface area contributed by atoms with Crippen molar-refractivity contribution in [2.75, 3.05) is 20.1 Å². The van der Waals surface area contributed by atoms with E-state index in [-0.39, 0.29) is 17.1 Å². The summed E-state index contributed by atoms with van der Waals surface area (Å²) in [5.41, 5.74) is -1.52. The number of rotatable bonds is 2. The lowest BCUT2D eigenvalue weighted by Gasteiger charge is -2.24. The highest BCUT2D eigenvalue weighted by Gasteiger charge is 2.30. The Morgan fingerprint density at radius 1 is 1.55 bits per heavy atom. The molecular formula is C14H16N4O4. The zero-order valence-electron chi connectivity index (χ0n) is 12.0. The van der Waals surface area contributed by atoms with Crippen molar-refractivity contribution in [1.82, 2.24) is 19.9 Å². The lowest BCUT2D eigenvalue weighted by atomic mass is 10.1. The standard InChI is InChI=1S/C14H16N4O4/c1-17(8-4-6-15-7-8)13(20)10-11(19)9-3-2-5-16-12(9)18(22)14(10)21/h2-3,5,8,15,19,22H,4,6-7H2,1H3/t8-/m1/s1. The van der Waals surface area contributed by atoms with Crippen LogP contribution in [0, 0.1) is 0 Å². The van der Waals surface area contributed by atoms with Gasteiger partial charge in [0.1, 0.15) is 5.75 Å². The molecule has 0 aromatic carbocycles. The lowest BCUT2D eigenvalue weighted by Crippen LogP contribution is -2.41. The Kier molecular flexibility index (Phi) is 3.45. The Bertz CT molecular complexity index is 795. The number of aromatic nitrogens is 2. The third-order valence-corrected chi connectivity index (χ3v) is 4.00. The van der Waals surface area contributed by atoms with E-state index < -0.39 is 22.8 Å². The van der Waals surface area contributed by atoms with Crippen LogP contribution in [-0.4, -0.2) is 57.0 Å². The average Bonchev–Trinajstić information content (AvgIpc) is 3.06. The summed E-state index contributed by atoms with van der Waals surface area (Å²) in [5, 5.41) is 23.5. The van der Waals surface area contributed by atoms with Gasteiger partial charge < -0.3 is 20.5 Å². The number of carbonyl (C=O) groups excluding carboxylic acids is 1. The SMILES string of the molecule is CN(C(=O)c1c(O)c2cccnc2n(O)c1=O)[C@@H]1CCNC1. The van der Waals surface area contributed by atoms with Crippen LogP contribution < -0.4 is 10.9 Å². The Balaban J connectivity index is 2.14. The average molecular weight is 304 g/mol. The van der Waals surface area contributed by atoms with E-state index >= 15 is 0 Å². The van der Waals surface area contributed by atoms with E-state index in [9.17, 15) is 19.9 Å². The quantitative estimate of drug-likeness (QED) is 0.662. The first-order valence-electron chi connectivity index (χ1n) is 6.92. The van der Waals surface area contributed by atoms with Crippen molar-refractivity contribution in [2.24, 2.45) is 0 Å². The van der Waals surface area contributed by atoms with Crippen LogP contribution in [0.25, 0.3) is 11.0 Å². The van der Waals surface area contributed by atoms with Gasteiger partial charge in [-0.15, -0.1) is 4.73 Å². The Morgan fingerprint density at radius 3 is 3.00 bits per heavy atom. The van der Waals surface area contributed by atoms with Gasteiger partial charge in [-0.1, -0.05) is 0 Å². The van der Waals surface area contributed by atoms with E-state index in [1.165, 1.54) is 17.2 Å². The van der Waals surface area contributed by atoms with Gasteiger partial charge in [0.15, 0.2) is 11.2 Å². The van der Waals surface area contributed by atoms with Crippen molar-refractivity contribution in [3.63, 3.8) is 0 Å². The van der Waals surface area contributed by atoms with Crippen LogP contribution in [0.3, 0.4) is 0 Å². The van der Waals surface area contributed by atoms with Gasteiger partial charge in [-0.25, -0.2) is 4.98 Å². The molecule has 1 fully saturated rings. The summed E-state index contributed by atoms with van der Waals surface area (Å²) < 4.78 is 0.295. The summed E-state index contributed by atoms with van der Waals surface area (Å²) in [4.78, 5) is 30.0. The Morgan fingerprint density at radius 2 is 2.32 bits per heavy atom. The number of fused-ring (bicyclic) bond motifs is 1. The summed E-state index contributed by atoms with van der Waals surface area (Å²) in [6.45, 7) is 1.42. The largest absolute Gasteiger partial charge is 0.506 e. The number of nitrogens with one attached hydrogen (secondary N) is 1. The summed E-state index contributed by atoms with van der Waals surface area (Å²) in [6.07, 6.45) is 2.15. The highest BCUT2D eigenvalue weighted by atomic mass is 16.5. The second-order valence-electron chi connectivity index (χ2n) is 5.28. The first-order valence-corrected chi connectivity index (χ1v) is 6.92. The molecule has 3 heterocycles. The van der Waals surface area contributed by atoms with Crippen LogP contribution in [0.4, 0.5) is 0 Å². The second kappa shape index (κ2) is 5.30. The van der Waals surface area contributed by atoms with Crippen LogP contribution in [0.15, 0.2) is 23.1 Å². The molecule has 0 unspecified atom stereocenters. The smallest absolute Gasteiger partial charge is 0.301 e. The van der Waals surface area contributed by atoms with E-state index in [2.05, 4.69) is 10.3 Å². The van der Waals surface area contributed by atoms with Crippen molar-refractivity contribution in [3.05, 3.63) is 34.2 Å². The van der Waals surface area contributed by atoms with Crippen molar-refractivity contribution >= 4 is 16.9 Å². The highest BCUT2D eigenvalue weighted by Crippen LogP contribution is 2.25. The number of hydrogen-bond donors (Lipinski definition) is 3. The lowest BCUT2D eigenvalue weighted by molar-refractivity contribution is 0.0733. The first kappa shape index (κ1) is 14.3. The van der Waals surface area contributed by atoms with Crippen LogP contribution in [0.2, 0.25) is 0 Å². The van der Waals surface area contributed by atoms with Gasteiger partial charge >= 0.3 is 5.56 Å². The maximum atomic E-state index is 12.6. The van der Waals surface area contributed by atoms with Crippen LogP contribution in [-0.2, 0) is 0 Å². The fraction of sp³-hybridized carbons (Fsp3) is 0.357. The molecule has 2 aromatic heterocycles. The topological polar surface area (TPSA) is 108 Å². The van der Waals surface area contributed by atoms with Gasteiger partial charge in [0.05, 0.1) is 5.39 Å². The zero-order chi connectivity index (χ0) is 15.9. The van der Waals surface area contributed by atoms with Crippen LogP contribution in [0.1, 0.15) is 16.8 Å². The van der Waals surface area contributed by atoms with Gasteiger partial charge in [0.25, 0.3) is 5.91 Å². The third-order valence-electron chi connectivity index (χ3n) is 4.00. The predicted octanol–water partition coefficient (Wildman–Crippen LogP) is -0.227. The molecule has 0 spiro atoms. The summed E-state index contributed by atoms with van der Waals surface area (Å²) in [6, 6.07) is 2.98. The molecule has 1 atom stereocenters. The van der Waals surface area contributed by atoms with Crippen LogP contribution >= 0.6 is 0 Å². The molecule has 2 aromatic rings. The molecule has 8 heteroatoms. The monoisotopic (exact) mass is 304 g/mol. The third kappa shape index (κ3) is 2.08. The number of aromatic hydroxyl groups is 1. The molecule has 1 aliphatic heterocycles. The Labute approximate surface area is 125 Å². The first-order chi connectivity index (χ1) is 10.5. The van der Waals surface area contributed by atoms with Gasteiger partial charge in [0.2, 0.25) is 0 Å². The minimum Gasteiger partial charge on any atom is -0.506 e.